The Morgan fingerprint density at radius 3 is 2.92 bits per heavy atom. The Bertz CT molecular complexity index is 299. The Kier molecular flexibility index (Phi) is 3.10. The summed E-state index contributed by atoms with van der Waals surface area (Å²) >= 11 is 3.33. The first-order valence-corrected chi connectivity index (χ1v) is 4.14. The van der Waals surface area contributed by atoms with E-state index >= 15 is 0 Å². The monoisotopic (exact) mass is 228 g/mol. The van der Waals surface area contributed by atoms with E-state index in [-0.39, 0.29) is 0 Å². The van der Waals surface area contributed by atoms with Gasteiger partial charge in [-0.3, -0.25) is 0 Å². The number of hydrazone groups is 1. The highest BCUT2D eigenvalue weighted by Gasteiger charge is 1.99. The summed E-state index contributed by atoms with van der Waals surface area (Å²) in [7, 11) is 1.61. The molecule has 2 N–H and O–H groups in total. The summed E-state index contributed by atoms with van der Waals surface area (Å²) in [5, 5.41) is 3.42. The van der Waals surface area contributed by atoms with Gasteiger partial charge in [0.1, 0.15) is 5.75 Å². The quantitative estimate of drug-likeness (QED) is 0.477. The van der Waals surface area contributed by atoms with Crippen LogP contribution in [0.25, 0.3) is 0 Å². The number of nitrogens with zero attached hydrogens (tertiary/aromatic N) is 1. The number of hydrogen-bond acceptors (Lipinski definition) is 3. The Hall–Kier alpha value is -1.03. The van der Waals surface area contributed by atoms with Crippen LogP contribution in [0.4, 0.5) is 0 Å². The second-order valence-electron chi connectivity index (χ2n) is 2.16. The number of methoxy groups -OCH3 is 1. The van der Waals surface area contributed by atoms with Crippen molar-refractivity contribution >= 4 is 22.1 Å². The molecule has 12 heavy (non-hydrogen) atoms. The molecule has 0 aliphatic heterocycles. The highest BCUT2D eigenvalue weighted by atomic mass is 79.9. The van der Waals surface area contributed by atoms with Gasteiger partial charge < -0.3 is 10.6 Å². The van der Waals surface area contributed by atoms with Gasteiger partial charge in [-0.1, -0.05) is 15.9 Å². The molecule has 64 valence electrons. The van der Waals surface area contributed by atoms with E-state index in [2.05, 4.69) is 21.0 Å². The molecule has 0 bridgehead atoms. The van der Waals surface area contributed by atoms with Crippen LogP contribution in [-0.4, -0.2) is 13.3 Å². The molecule has 0 saturated carbocycles. The molecule has 1 aromatic carbocycles. The average molecular weight is 229 g/mol. The molecule has 4 heteroatoms. The number of ether oxygens (including phenoxy) is 1. The minimum atomic E-state index is 0.749. The largest absolute Gasteiger partial charge is 0.496 e. The minimum Gasteiger partial charge on any atom is -0.496 e. The second kappa shape index (κ2) is 4.11. The van der Waals surface area contributed by atoms with Gasteiger partial charge >= 0.3 is 0 Å². The van der Waals surface area contributed by atoms with Crippen molar-refractivity contribution in [3.05, 3.63) is 28.2 Å². The fourth-order valence-corrected chi connectivity index (χ4v) is 1.21. The fourth-order valence-electron chi connectivity index (χ4n) is 0.872. The van der Waals surface area contributed by atoms with Gasteiger partial charge in [-0.05, 0) is 18.2 Å². The maximum absolute atomic E-state index is 5.10. The highest BCUT2D eigenvalue weighted by Crippen LogP contribution is 2.21. The topological polar surface area (TPSA) is 47.6 Å². The third kappa shape index (κ3) is 1.98. The van der Waals surface area contributed by atoms with Crippen LogP contribution in [0.1, 0.15) is 5.56 Å². The highest BCUT2D eigenvalue weighted by molar-refractivity contribution is 9.10. The molecule has 0 aromatic heterocycles. The Labute approximate surface area is 79.3 Å². The molecule has 0 heterocycles. The van der Waals surface area contributed by atoms with Crippen molar-refractivity contribution in [2.24, 2.45) is 10.9 Å². The van der Waals surface area contributed by atoms with Crippen LogP contribution in [0.3, 0.4) is 0 Å². The first kappa shape index (κ1) is 9.06. The van der Waals surface area contributed by atoms with E-state index in [1.807, 2.05) is 18.2 Å². The van der Waals surface area contributed by atoms with Gasteiger partial charge in [0.25, 0.3) is 0 Å². The third-order valence-electron chi connectivity index (χ3n) is 1.41. The lowest BCUT2D eigenvalue weighted by molar-refractivity contribution is 0.414. The SMILES string of the molecule is COc1cc(Br)ccc1/C=N/N. The second-order valence-corrected chi connectivity index (χ2v) is 3.08. The van der Waals surface area contributed by atoms with Gasteiger partial charge in [0.05, 0.1) is 13.3 Å². The van der Waals surface area contributed by atoms with Crippen molar-refractivity contribution < 1.29 is 4.74 Å². The first-order chi connectivity index (χ1) is 5.77. The lowest BCUT2D eigenvalue weighted by Crippen LogP contribution is -1.92. The lowest BCUT2D eigenvalue weighted by Gasteiger charge is -2.03. The van der Waals surface area contributed by atoms with Gasteiger partial charge in [0, 0.05) is 10.0 Å². The van der Waals surface area contributed by atoms with Crippen LogP contribution < -0.4 is 10.6 Å². The maximum Gasteiger partial charge on any atom is 0.128 e. The van der Waals surface area contributed by atoms with Crippen LogP contribution in [0, 0.1) is 0 Å². The summed E-state index contributed by atoms with van der Waals surface area (Å²) in [6, 6.07) is 5.63. The van der Waals surface area contributed by atoms with Crippen molar-refractivity contribution in [3.63, 3.8) is 0 Å². The van der Waals surface area contributed by atoms with Crippen molar-refractivity contribution in [2.45, 2.75) is 0 Å². The van der Waals surface area contributed by atoms with E-state index in [0.29, 0.717) is 0 Å². The zero-order valence-corrected chi connectivity index (χ0v) is 8.21. The van der Waals surface area contributed by atoms with Crippen molar-refractivity contribution in [1.29, 1.82) is 0 Å². The standard InChI is InChI=1S/C8H9BrN2O/c1-12-8-4-7(9)3-2-6(8)5-11-10/h2-5H,10H2,1H3/b11-5+. The molecule has 0 unspecified atom stereocenters. The summed E-state index contributed by atoms with van der Waals surface area (Å²) in [5.74, 6) is 5.77. The molecule has 1 rings (SSSR count). The van der Waals surface area contributed by atoms with Gasteiger partial charge in [-0.15, -0.1) is 0 Å². The van der Waals surface area contributed by atoms with E-state index in [9.17, 15) is 0 Å². The van der Waals surface area contributed by atoms with Crippen LogP contribution in [0.15, 0.2) is 27.8 Å². The Morgan fingerprint density at radius 2 is 2.33 bits per heavy atom. The molecule has 0 amide bonds. The molecule has 0 radical (unpaired) electrons. The molecular formula is C8H9BrN2O. The van der Waals surface area contributed by atoms with Crippen LogP contribution >= 0.6 is 15.9 Å². The predicted octanol–water partition coefficient (Wildman–Crippen LogP) is 1.75. The smallest absolute Gasteiger partial charge is 0.128 e. The van der Waals surface area contributed by atoms with Crippen molar-refractivity contribution in [3.8, 4) is 5.75 Å². The van der Waals surface area contributed by atoms with E-state index < -0.39 is 0 Å². The zero-order valence-electron chi connectivity index (χ0n) is 6.62. The maximum atomic E-state index is 5.10. The number of hydrogen-bond donors (Lipinski definition) is 1. The first-order valence-electron chi connectivity index (χ1n) is 3.34. The van der Waals surface area contributed by atoms with Crippen molar-refractivity contribution in [2.75, 3.05) is 7.11 Å². The average Bonchev–Trinajstić information content (AvgIpc) is 2.08. The fraction of sp³-hybridized carbons (Fsp3) is 0.125. The van der Waals surface area contributed by atoms with Crippen molar-refractivity contribution in [1.82, 2.24) is 0 Å². The molecule has 1 aromatic rings. The van der Waals surface area contributed by atoms with E-state index in [0.717, 1.165) is 15.8 Å². The van der Waals surface area contributed by atoms with E-state index in [4.69, 9.17) is 10.6 Å². The van der Waals surface area contributed by atoms with Crippen LogP contribution in [0.2, 0.25) is 0 Å². The van der Waals surface area contributed by atoms with Gasteiger partial charge in [0.15, 0.2) is 0 Å². The van der Waals surface area contributed by atoms with E-state index in [1.54, 1.807) is 13.3 Å². The number of benzene rings is 1. The van der Waals surface area contributed by atoms with Crippen LogP contribution in [0.5, 0.6) is 5.75 Å². The molecule has 0 atom stereocenters. The molecule has 3 nitrogen and oxygen atoms in total. The Balaban J connectivity index is 3.10. The molecule has 0 saturated heterocycles. The summed E-state index contributed by atoms with van der Waals surface area (Å²) in [5.41, 5.74) is 0.864. The van der Waals surface area contributed by atoms with E-state index in [1.165, 1.54) is 0 Å². The number of halogens is 1. The number of rotatable bonds is 2. The minimum absolute atomic E-state index is 0.749. The zero-order chi connectivity index (χ0) is 8.97. The van der Waals surface area contributed by atoms with Gasteiger partial charge in [-0.25, -0.2) is 0 Å². The molecule has 0 aliphatic carbocycles. The molecule has 0 spiro atoms. The molecule has 0 fully saturated rings. The molecular weight excluding hydrogens is 220 g/mol. The van der Waals surface area contributed by atoms with Gasteiger partial charge in [0.2, 0.25) is 0 Å². The summed E-state index contributed by atoms with van der Waals surface area (Å²) in [6.45, 7) is 0. The van der Waals surface area contributed by atoms with Gasteiger partial charge in [-0.2, -0.15) is 5.10 Å². The number of nitrogens with two attached hydrogens (primary N) is 1. The summed E-state index contributed by atoms with van der Waals surface area (Å²) < 4.78 is 6.07. The third-order valence-corrected chi connectivity index (χ3v) is 1.90. The molecule has 0 aliphatic rings. The summed E-state index contributed by atoms with van der Waals surface area (Å²) in [6.07, 6.45) is 1.55. The Morgan fingerprint density at radius 1 is 1.58 bits per heavy atom. The van der Waals surface area contributed by atoms with Crippen LogP contribution in [-0.2, 0) is 0 Å². The summed E-state index contributed by atoms with van der Waals surface area (Å²) in [4.78, 5) is 0. The lowest BCUT2D eigenvalue weighted by atomic mass is 10.2. The normalized spacial score (nSPS) is 10.5. The predicted molar refractivity (Wildman–Crippen MR) is 52.5 cm³/mol.